The third-order valence-corrected chi connectivity index (χ3v) is 5.81. The second kappa shape index (κ2) is 10.2. The van der Waals surface area contributed by atoms with Crippen LogP contribution in [0.4, 0.5) is 8.78 Å². The molecule has 1 aromatic heterocycles. The van der Waals surface area contributed by atoms with Crippen LogP contribution in [0, 0.1) is 11.6 Å². The molecular weight excluding hydrogens is 460 g/mol. The highest BCUT2D eigenvalue weighted by Gasteiger charge is 2.35. The molecule has 2 heterocycles. The molecule has 1 aliphatic rings. The number of hydrogen-bond donors (Lipinski definition) is 3. The minimum atomic E-state index is -0.972. The van der Waals surface area contributed by atoms with Gasteiger partial charge in [0.15, 0.2) is 17.2 Å². The third-order valence-electron chi connectivity index (χ3n) is 5.81. The van der Waals surface area contributed by atoms with E-state index in [1.165, 1.54) is 59.3 Å². The topological polar surface area (TPSA) is 112 Å². The molecule has 182 valence electrons. The smallest absolute Gasteiger partial charge is 0.289 e. The van der Waals surface area contributed by atoms with Gasteiger partial charge in [0, 0.05) is 25.6 Å². The molecule has 1 aliphatic heterocycles. The average Bonchev–Trinajstić information content (AvgIpc) is 2.84. The Morgan fingerprint density at radius 2 is 1.57 bits per heavy atom. The molecule has 0 radical (unpaired) electrons. The zero-order chi connectivity index (χ0) is 25.1. The minimum Gasteiger partial charge on any atom is -0.503 e. The largest absolute Gasteiger partial charge is 0.503 e. The van der Waals surface area contributed by atoms with Gasteiger partial charge in [-0.2, -0.15) is 0 Å². The molecule has 2 aromatic carbocycles. The van der Waals surface area contributed by atoms with E-state index in [1.54, 1.807) is 0 Å². The molecule has 3 aromatic rings. The fourth-order valence-electron chi connectivity index (χ4n) is 3.96. The number of rotatable bonds is 8. The van der Waals surface area contributed by atoms with Crippen LogP contribution < -0.4 is 10.9 Å². The summed E-state index contributed by atoms with van der Waals surface area (Å²) in [6.07, 6.45) is 0.756. The van der Waals surface area contributed by atoms with E-state index >= 15 is 0 Å². The number of nitrogens with one attached hydrogen (secondary N) is 1. The van der Waals surface area contributed by atoms with Crippen LogP contribution in [0.5, 0.6) is 5.75 Å². The maximum absolute atomic E-state index is 13.2. The Bertz CT molecular complexity index is 1310. The quantitative estimate of drug-likeness (QED) is 0.425. The van der Waals surface area contributed by atoms with E-state index in [0.29, 0.717) is 11.1 Å². The number of pyridine rings is 1. The van der Waals surface area contributed by atoms with Crippen LogP contribution in [0.1, 0.15) is 51.0 Å². The SMILES string of the molecule is O=C(CCc1ccc(F)cc1)c1cn2c(c(O)c1=O)C(=O)N(Cc1ccc(F)cc1)NC2CCO. The van der Waals surface area contributed by atoms with Crippen molar-refractivity contribution in [3.8, 4) is 5.75 Å². The van der Waals surface area contributed by atoms with Gasteiger partial charge in [0.05, 0.1) is 12.1 Å². The van der Waals surface area contributed by atoms with Crippen molar-refractivity contribution in [1.82, 2.24) is 15.0 Å². The van der Waals surface area contributed by atoms with E-state index in [0.717, 1.165) is 5.01 Å². The molecule has 1 amide bonds. The highest BCUT2D eigenvalue weighted by molar-refractivity contribution is 5.99. The third kappa shape index (κ3) is 5.13. The predicted octanol–water partition coefficient (Wildman–Crippen LogP) is 2.69. The summed E-state index contributed by atoms with van der Waals surface area (Å²) in [5, 5.41) is 21.3. The number of nitrogens with zero attached hydrogens (tertiary/aromatic N) is 2. The summed E-state index contributed by atoms with van der Waals surface area (Å²) in [5.41, 5.74) is 2.65. The molecule has 10 heteroatoms. The number of benzene rings is 2. The first-order chi connectivity index (χ1) is 16.8. The summed E-state index contributed by atoms with van der Waals surface area (Å²) >= 11 is 0. The summed E-state index contributed by atoms with van der Waals surface area (Å²) in [4.78, 5) is 38.8. The van der Waals surface area contributed by atoms with Gasteiger partial charge in [0.25, 0.3) is 5.91 Å². The number of aromatic hydroxyl groups is 1. The van der Waals surface area contributed by atoms with Gasteiger partial charge in [-0.25, -0.2) is 14.2 Å². The standard InChI is InChI=1S/C25H23F2N3O5/c26-17-6-1-15(2-7-17)5-10-20(32)19-14-29-21(11-12-31)28-30(13-16-3-8-18(27)9-4-16)25(35)22(29)24(34)23(19)33/h1-4,6-9,14,21,28,31,34H,5,10-13H2. The van der Waals surface area contributed by atoms with Crippen molar-refractivity contribution < 1.29 is 28.6 Å². The number of amides is 1. The van der Waals surface area contributed by atoms with Gasteiger partial charge in [-0.3, -0.25) is 19.4 Å². The normalized spacial score (nSPS) is 15.2. The number of carbonyl (C=O) groups is 2. The number of hydrogen-bond acceptors (Lipinski definition) is 6. The fourth-order valence-corrected chi connectivity index (χ4v) is 3.96. The number of halogens is 2. The Hall–Kier alpha value is -3.89. The van der Waals surface area contributed by atoms with Crippen LogP contribution in [-0.2, 0) is 13.0 Å². The summed E-state index contributed by atoms with van der Waals surface area (Å²) in [6, 6.07) is 11.1. The number of aliphatic hydroxyl groups is 1. The molecule has 0 spiro atoms. The van der Waals surface area contributed by atoms with E-state index < -0.39 is 40.7 Å². The molecule has 0 bridgehead atoms. The van der Waals surface area contributed by atoms with Gasteiger partial charge < -0.3 is 14.8 Å². The van der Waals surface area contributed by atoms with E-state index in [2.05, 4.69) is 5.43 Å². The van der Waals surface area contributed by atoms with Crippen molar-refractivity contribution in [2.75, 3.05) is 6.61 Å². The molecule has 4 rings (SSSR count). The lowest BCUT2D eigenvalue weighted by atomic mass is 10.0. The Morgan fingerprint density at radius 1 is 0.971 bits per heavy atom. The maximum atomic E-state index is 13.2. The van der Waals surface area contributed by atoms with Gasteiger partial charge in [-0.05, 0) is 41.8 Å². The zero-order valence-corrected chi connectivity index (χ0v) is 18.6. The van der Waals surface area contributed by atoms with Gasteiger partial charge in [-0.1, -0.05) is 24.3 Å². The lowest BCUT2D eigenvalue weighted by Gasteiger charge is -2.37. The molecule has 1 unspecified atom stereocenters. The van der Waals surface area contributed by atoms with Crippen LogP contribution >= 0.6 is 0 Å². The summed E-state index contributed by atoms with van der Waals surface area (Å²) in [6.45, 7) is -0.274. The Kier molecular flexibility index (Phi) is 7.04. The van der Waals surface area contributed by atoms with Crippen molar-refractivity contribution >= 4 is 11.7 Å². The van der Waals surface area contributed by atoms with Crippen LogP contribution in [-0.4, -0.2) is 38.1 Å². The Balaban J connectivity index is 1.63. The zero-order valence-electron chi connectivity index (χ0n) is 18.6. The van der Waals surface area contributed by atoms with Crippen LogP contribution in [0.2, 0.25) is 0 Å². The second-order valence-electron chi connectivity index (χ2n) is 8.20. The summed E-state index contributed by atoms with van der Waals surface area (Å²) in [5.74, 6) is -2.97. The molecule has 0 aliphatic carbocycles. The number of aliphatic hydroxyl groups excluding tert-OH is 1. The number of fused-ring (bicyclic) bond motifs is 1. The summed E-state index contributed by atoms with van der Waals surface area (Å²) in [7, 11) is 0. The predicted molar refractivity (Wildman–Crippen MR) is 122 cm³/mol. The van der Waals surface area contributed by atoms with Gasteiger partial charge in [-0.15, -0.1) is 0 Å². The van der Waals surface area contributed by atoms with E-state index in [4.69, 9.17) is 0 Å². The van der Waals surface area contributed by atoms with Crippen molar-refractivity contribution in [2.24, 2.45) is 0 Å². The minimum absolute atomic E-state index is 0.00697. The van der Waals surface area contributed by atoms with Gasteiger partial charge >= 0.3 is 0 Å². The Labute approximate surface area is 199 Å². The Morgan fingerprint density at radius 3 is 2.17 bits per heavy atom. The van der Waals surface area contributed by atoms with Crippen LogP contribution in [0.25, 0.3) is 0 Å². The number of ketones is 1. The molecule has 0 saturated heterocycles. The first-order valence-electron chi connectivity index (χ1n) is 11.0. The molecule has 8 nitrogen and oxygen atoms in total. The van der Waals surface area contributed by atoms with E-state index in [9.17, 15) is 33.4 Å². The van der Waals surface area contributed by atoms with Crippen LogP contribution in [0.3, 0.4) is 0 Å². The molecule has 0 fully saturated rings. The molecular formula is C25H23F2N3O5. The monoisotopic (exact) mass is 483 g/mol. The van der Waals surface area contributed by atoms with Crippen LogP contribution in [0.15, 0.2) is 59.5 Å². The van der Waals surface area contributed by atoms with Crippen molar-refractivity contribution in [3.63, 3.8) is 0 Å². The highest BCUT2D eigenvalue weighted by atomic mass is 19.1. The van der Waals surface area contributed by atoms with E-state index in [-0.39, 0.29) is 43.7 Å². The van der Waals surface area contributed by atoms with Crippen molar-refractivity contribution in [3.05, 3.63) is 99.0 Å². The van der Waals surface area contributed by atoms with Gasteiger partial charge in [0.1, 0.15) is 17.8 Å². The van der Waals surface area contributed by atoms with Crippen molar-refractivity contribution in [1.29, 1.82) is 0 Å². The molecule has 35 heavy (non-hydrogen) atoms. The molecule has 3 N–H and O–H groups in total. The maximum Gasteiger partial charge on any atom is 0.289 e. The summed E-state index contributed by atoms with van der Waals surface area (Å²) < 4.78 is 27.6. The molecule has 1 atom stereocenters. The number of aromatic nitrogens is 1. The fraction of sp³-hybridized carbons (Fsp3) is 0.240. The lowest BCUT2D eigenvalue weighted by Crippen LogP contribution is -2.52. The first-order valence-corrected chi connectivity index (χ1v) is 11.0. The van der Waals surface area contributed by atoms with Gasteiger partial charge in [0.2, 0.25) is 5.43 Å². The first kappa shape index (κ1) is 24.2. The number of Topliss-reactive ketones (excluding diaryl/α,β-unsaturated/α-hetero) is 1. The van der Waals surface area contributed by atoms with Crippen molar-refractivity contribution in [2.45, 2.75) is 32.0 Å². The number of carbonyl (C=O) groups excluding carboxylic acids is 2. The molecule has 0 saturated carbocycles. The lowest BCUT2D eigenvalue weighted by molar-refractivity contribution is 0.0394. The number of hydrazine groups is 1. The highest BCUT2D eigenvalue weighted by Crippen LogP contribution is 2.27. The second-order valence-corrected chi connectivity index (χ2v) is 8.20. The number of aryl methyl sites for hydroxylation is 1. The van der Waals surface area contributed by atoms with E-state index in [1.807, 2.05) is 0 Å². The average molecular weight is 483 g/mol.